The number of aromatic carboxylic acids is 1. The molecular formula is C15H20N2O4. The topological polar surface area (TPSA) is 81.1 Å². The summed E-state index contributed by atoms with van der Waals surface area (Å²) in [5.41, 5.74) is 0.277. The maximum Gasteiger partial charge on any atom is 0.336 e. The maximum absolute atomic E-state index is 12.5. The van der Waals surface area contributed by atoms with E-state index in [-0.39, 0.29) is 23.6 Å². The van der Waals surface area contributed by atoms with E-state index in [9.17, 15) is 14.7 Å². The van der Waals surface area contributed by atoms with Gasteiger partial charge in [0, 0.05) is 26.2 Å². The van der Waals surface area contributed by atoms with E-state index in [2.05, 4.69) is 4.90 Å². The summed E-state index contributed by atoms with van der Waals surface area (Å²) in [7, 11) is 0. The number of rotatable bonds is 4. The van der Waals surface area contributed by atoms with Crippen LogP contribution in [0.1, 0.15) is 27.1 Å². The van der Waals surface area contributed by atoms with Gasteiger partial charge in [-0.15, -0.1) is 0 Å². The van der Waals surface area contributed by atoms with E-state index in [4.69, 9.17) is 5.11 Å². The zero-order valence-corrected chi connectivity index (χ0v) is 11.9. The number of aliphatic hydroxyl groups excluding tert-OH is 1. The summed E-state index contributed by atoms with van der Waals surface area (Å²) in [5.74, 6) is -1.32. The molecular weight excluding hydrogens is 272 g/mol. The molecule has 2 rings (SSSR count). The second-order valence-corrected chi connectivity index (χ2v) is 5.06. The van der Waals surface area contributed by atoms with Gasteiger partial charge in [0.2, 0.25) is 0 Å². The number of hydrogen-bond donors (Lipinski definition) is 2. The van der Waals surface area contributed by atoms with Gasteiger partial charge in [-0.1, -0.05) is 12.1 Å². The molecule has 0 aromatic heterocycles. The van der Waals surface area contributed by atoms with Crippen molar-refractivity contribution < 1.29 is 19.8 Å². The fraction of sp³-hybridized carbons (Fsp3) is 0.467. The number of nitrogens with zero attached hydrogens (tertiary/aromatic N) is 2. The summed E-state index contributed by atoms with van der Waals surface area (Å²) in [6.07, 6.45) is 0.820. The standard InChI is InChI=1S/C15H20N2O4/c18-11-10-16-6-3-7-17(9-8-16)14(19)12-4-1-2-5-13(12)15(20)21/h1-2,4-5,18H,3,6-11H2,(H,20,21). The Labute approximate surface area is 123 Å². The van der Waals surface area contributed by atoms with Crippen molar-refractivity contribution in [1.29, 1.82) is 0 Å². The highest BCUT2D eigenvalue weighted by molar-refractivity contribution is 6.04. The van der Waals surface area contributed by atoms with Crippen molar-refractivity contribution in [2.75, 3.05) is 39.3 Å². The Morgan fingerprint density at radius 1 is 1.05 bits per heavy atom. The molecule has 0 atom stereocenters. The van der Waals surface area contributed by atoms with Gasteiger partial charge in [-0.3, -0.25) is 9.69 Å². The van der Waals surface area contributed by atoms with Crippen LogP contribution in [-0.2, 0) is 0 Å². The number of carbonyl (C=O) groups is 2. The monoisotopic (exact) mass is 292 g/mol. The Kier molecular flexibility index (Phi) is 5.30. The molecule has 0 unspecified atom stereocenters. The van der Waals surface area contributed by atoms with Crippen LogP contribution >= 0.6 is 0 Å². The first kappa shape index (κ1) is 15.5. The molecule has 1 amide bonds. The van der Waals surface area contributed by atoms with Gasteiger partial charge in [-0.2, -0.15) is 0 Å². The minimum Gasteiger partial charge on any atom is -0.478 e. The van der Waals surface area contributed by atoms with Crippen LogP contribution in [0.15, 0.2) is 24.3 Å². The highest BCUT2D eigenvalue weighted by Gasteiger charge is 2.23. The molecule has 6 nitrogen and oxygen atoms in total. The van der Waals surface area contributed by atoms with E-state index in [1.807, 2.05) is 0 Å². The summed E-state index contributed by atoms with van der Waals surface area (Å²) < 4.78 is 0. The normalized spacial score (nSPS) is 16.5. The van der Waals surface area contributed by atoms with Gasteiger partial charge in [0.25, 0.3) is 5.91 Å². The lowest BCUT2D eigenvalue weighted by atomic mass is 10.1. The van der Waals surface area contributed by atoms with Crippen LogP contribution in [0.3, 0.4) is 0 Å². The summed E-state index contributed by atoms with van der Waals surface area (Å²) in [4.78, 5) is 27.5. The highest BCUT2D eigenvalue weighted by Crippen LogP contribution is 2.14. The van der Waals surface area contributed by atoms with Gasteiger partial charge in [-0.25, -0.2) is 4.79 Å². The summed E-state index contributed by atoms with van der Waals surface area (Å²) >= 11 is 0. The largest absolute Gasteiger partial charge is 0.478 e. The zero-order chi connectivity index (χ0) is 15.2. The second kappa shape index (κ2) is 7.19. The quantitative estimate of drug-likeness (QED) is 0.846. The summed E-state index contributed by atoms with van der Waals surface area (Å²) in [6.45, 7) is 3.40. The van der Waals surface area contributed by atoms with Gasteiger partial charge < -0.3 is 15.1 Å². The van der Waals surface area contributed by atoms with Gasteiger partial charge in [0.05, 0.1) is 17.7 Å². The Morgan fingerprint density at radius 3 is 2.43 bits per heavy atom. The van der Waals surface area contributed by atoms with Gasteiger partial charge in [-0.05, 0) is 25.1 Å². The van der Waals surface area contributed by atoms with E-state index in [0.29, 0.717) is 26.2 Å². The minimum absolute atomic E-state index is 0.0407. The molecule has 0 spiro atoms. The molecule has 1 aromatic rings. The molecule has 114 valence electrons. The van der Waals surface area contributed by atoms with E-state index in [1.54, 1.807) is 23.1 Å². The number of amides is 1. The fourth-order valence-corrected chi connectivity index (χ4v) is 2.57. The van der Waals surface area contributed by atoms with Crippen LogP contribution in [0.5, 0.6) is 0 Å². The van der Waals surface area contributed by atoms with Crippen LogP contribution in [0, 0.1) is 0 Å². The zero-order valence-electron chi connectivity index (χ0n) is 11.9. The van der Waals surface area contributed by atoms with Crippen molar-refractivity contribution in [3.63, 3.8) is 0 Å². The average molecular weight is 292 g/mol. The summed E-state index contributed by atoms with van der Waals surface area (Å²) in [6, 6.07) is 6.30. The molecule has 1 aliphatic rings. The fourth-order valence-electron chi connectivity index (χ4n) is 2.57. The van der Waals surface area contributed by atoms with E-state index in [1.165, 1.54) is 6.07 Å². The van der Waals surface area contributed by atoms with Crippen molar-refractivity contribution in [3.8, 4) is 0 Å². The SMILES string of the molecule is O=C(O)c1ccccc1C(=O)N1CCCN(CCO)CC1. The Hall–Kier alpha value is -1.92. The molecule has 0 saturated carbocycles. The smallest absolute Gasteiger partial charge is 0.336 e. The van der Waals surface area contributed by atoms with Crippen molar-refractivity contribution >= 4 is 11.9 Å². The van der Waals surface area contributed by atoms with E-state index >= 15 is 0 Å². The molecule has 6 heteroatoms. The second-order valence-electron chi connectivity index (χ2n) is 5.06. The van der Waals surface area contributed by atoms with Crippen molar-refractivity contribution in [2.45, 2.75) is 6.42 Å². The molecule has 1 aliphatic heterocycles. The van der Waals surface area contributed by atoms with Gasteiger partial charge >= 0.3 is 5.97 Å². The predicted octanol–water partition coefficient (Wildman–Crippen LogP) is 0.525. The first-order valence-electron chi connectivity index (χ1n) is 7.08. The van der Waals surface area contributed by atoms with E-state index < -0.39 is 5.97 Å². The lowest BCUT2D eigenvalue weighted by molar-refractivity contribution is 0.0676. The third kappa shape index (κ3) is 3.80. The first-order chi connectivity index (χ1) is 10.1. The lowest BCUT2D eigenvalue weighted by Gasteiger charge is -2.22. The molecule has 1 fully saturated rings. The first-order valence-corrected chi connectivity index (χ1v) is 7.08. The summed E-state index contributed by atoms with van der Waals surface area (Å²) in [5, 5.41) is 18.1. The molecule has 1 aromatic carbocycles. The van der Waals surface area contributed by atoms with E-state index in [0.717, 1.165) is 13.0 Å². The molecule has 0 bridgehead atoms. The van der Waals surface area contributed by atoms with Crippen LogP contribution in [-0.4, -0.2) is 71.2 Å². The van der Waals surface area contributed by atoms with Crippen LogP contribution in [0.25, 0.3) is 0 Å². The third-order valence-corrected chi connectivity index (χ3v) is 3.68. The van der Waals surface area contributed by atoms with Gasteiger partial charge in [0.1, 0.15) is 0 Å². The minimum atomic E-state index is -1.09. The predicted molar refractivity (Wildman–Crippen MR) is 77.4 cm³/mol. The molecule has 1 heterocycles. The highest BCUT2D eigenvalue weighted by atomic mass is 16.4. The Bertz CT molecular complexity index is 518. The number of β-amino-alcohol motifs (C(OH)–C–C–N with tert-alkyl or cyclic N) is 1. The number of hydrogen-bond acceptors (Lipinski definition) is 4. The van der Waals surface area contributed by atoms with Crippen LogP contribution in [0.4, 0.5) is 0 Å². The number of carboxylic acids is 1. The Morgan fingerprint density at radius 2 is 1.76 bits per heavy atom. The number of carbonyl (C=O) groups excluding carboxylic acids is 1. The third-order valence-electron chi connectivity index (χ3n) is 3.68. The van der Waals surface area contributed by atoms with Crippen molar-refractivity contribution in [2.24, 2.45) is 0 Å². The number of aliphatic hydroxyl groups is 1. The van der Waals surface area contributed by atoms with Crippen LogP contribution < -0.4 is 0 Å². The average Bonchev–Trinajstić information content (AvgIpc) is 2.72. The molecule has 21 heavy (non-hydrogen) atoms. The van der Waals surface area contributed by atoms with Gasteiger partial charge in [0.15, 0.2) is 0 Å². The molecule has 2 N–H and O–H groups in total. The Balaban J connectivity index is 2.12. The maximum atomic E-state index is 12.5. The molecule has 1 saturated heterocycles. The van der Waals surface area contributed by atoms with Crippen molar-refractivity contribution in [1.82, 2.24) is 9.80 Å². The van der Waals surface area contributed by atoms with Crippen LogP contribution in [0.2, 0.25) is 0 Å². The lowest BCUT2D eigenvalue weighted by Crippen LogP contribution is -2.36. The number of carboxylic acid groups (broad SMARTS) is 1. The molecule has 0 radical (unpaired) electrons. The van der Waals surface area contributed by atoms with Crippen molar-refractivity contribution in [3.05, 3.63) is 35.4 Å². The number of benzene rings is 1. The molecule has 0 aliphatic carbocycles.